The van der Waals surface area contributed by atoms with Crippen molar-refractivity contribution in [1.29, 1.82) is 0 Å². The van der Waals surface area contributed by atoms with Crippen LogP contribution in [0.15, 0.2) is 24.3 Å². The van der Waals surface area contributed by atoms with Crippen molar-refractivity contribution >= 4 is 16.5 Å². The minimum Gasteiger partial charge on any atom is -0.374 e. The second-order valence-corrected chi connectivity index (χ2v) is 4.00. The van der Waals surface area contributed by atoms with Gasteiger partial charge in [-0.2, -0.15) is 13.2 Å². The quantitative estimate of drug-likeness (QED) is 0.840. The summed E-state index contributed by atoms with van der Waals surface area (Å²) in [5.74, 6) is 0. The average Bonchev–Trinajstić information content (AvgIpc) is 2.64. The summed E-state index contributed by atoms with van der Waals surface area (Å²) in [5, 5.41) is 7.42. The number of benzene rings is 1. The third-order valence-electron chi connectivity index (χ3n) is 1.90. The number of nitrogens with zero attached hydrogens (tertiary/aromatic N) is 2. The van der Waals surface area contributed by atoms with Gasteiger partial charge in [-0.15, -0.1) is 10.2 Å². The van der Waals surface area contributed by atoms with Crippen molar-refractivity contribution in [2.45, 2.75) is 6.18 Å². The van der Waals surface area contributed by atoms with Crippen molar-refractivity contribution in [2.75, 3.05) is 5.73 Å². The van der Waals surface area contributed by atoms with Crippen LogP contribution in [0.2, 0.25) is 0 Å². The van der Waals surface area contributed by atoms with Crippen LogP contribution in [0.25, 0.3) is 10.6 Å². The Kier molecular flexibility index (Phi) is 2.55. The van der Waals surface area contributed by atoms with Crippen LogP contribution in [0, 0.1) is 0 Å². The fourth-order valence-electron chi connectivity index (χ4n) is 1.26. The number of hydrogen-bond donors (Lipinski definition) is 1. The zero-order valence-corrected chi connectivity index (χ0v) is 8.64. The highest BCUT2D eigenvalue weighted by Gasteiger charge is 2.34. The van der Waals surface area contributed by atoms with Crippen LogP contribution in [0.5, 0.6) is 0 Å². The van der Waals surface area contributed by atoms with Crippen LogP contribution in [-0.4, -0.2) is 10.2 Å². The molecule has 16 heavy (non-hydrogen) atoms. The predicted molar refractivity (Wildman–Crippen MR) is 54.8 cm³/mol. The molecule has 0 fully saturated rings. The number of nitrogens with two attached hydrogens (primary N) is 1. The highest BCUT2D eigenvalue weighted by atomic mass is 32.1. The fourth-order valence-corrected chi connectivity index (χ4v) is 1.91. The van der Waals surface area contributed by atoms with E-state index < -0.39 is 11.7 Å². The predicted octanol–water partition coefficient (Wildman–Crippen LogP) is 2.81. The molecule has 0 radical (unpaired) electrons. The molecule has 0 aliphatic rings. The van der Waals surface area contributed by atoms with Crippen molar-refractivity contribution < 1.29 is 13.2 Å². The fraction of sp³-hybridized carbons (Fsp3) is 0.111. The summed E-state index contributed by atoms with van der Waals surface area (Å²) < 4.78 is 38.0. The molecule has 1 aromatic heterocycles. The van der Waals surface area contributed by atoms with Crippen molar-refractivity contribution in [3.05, 3.63) is 29.8 Å². The normalized spacial score (nSPS) is 11.7. The van der Waals surface area contributed by atoms with Gasteiger partial charge in [-0.25, -0.2) is 0 Å². The van der Waals surface area contributed by atoms with Crippen molar-refractivity contribution in [3.8, 4) is 10.6 Å². The van der Waals surface area contributed by atoms with Crippen LogP contribution in [0.3, 0.4) is 0 Å². The highest BCUT2D eigenvalue weighted by Crippen LogP contribution is 2.37. The molecule has 2 N–H and O–H groups in total. The molecule has 1 aromatic carbocycles. The van der Waals surface area contributed by atoms with Crippen LogP contribution in [-0.2, 0) is 6.18 Å². The summed E-state index contributed by atoms with van der Waals surface area (Å²) in [5.41, 5.74) is 4.61. The smallest absolute Gasteiger partial charge is 0.374 e. The van der Waals surface area contributed by atoms with Crippen molar-refractivity contribution in [3.63, 3.8) is 0 Å². The molecule has 2 rings (SSSR count). The molecule has 2 aromatic rings. The molecule has 1 heterocycles. The molecule has 0 saturated carbocycles. The Balaban J connectivity index is 2.57. The van der Waals surface area contributed by atoms with Crippen LogP contribution in [0.1, 0.15) is 5.56 Å². The molecule has 84 valence electrons. The van der Waals surface area contributed by atoms with Gasteiger partial charge in [0.15, 0.2) is 0 Å². The summed E-state index contributed by atoms with van der Waals surface area (Å²) in [6, 6.07) is 5.20. The summed E-state index contributed by atoms with van der Waals surface area (Å²) in [4.78, 5) is 0. The summed E-state index contributed by atoms with van der Waals surface area (Å²) in [7, 11) is 0. The monoisotopic (exact) mass is 245 g/mol. The lowest BCUT2D eigenvalue weighted by Crippen LogP contribution is -2.06. The first-order valence-electron chi connectivity index (χ1n) is 4.24. The third-order valence-corrected chi connectivity index (χ3v) is 2.69. The molecule has 3 nitrogen and oxygen atoms in total. The van der Waals surface area contributed by atoms with Crippen LogP contribution in [0.4, 0.5) is 18.3 Å². The van der Waals surface area contributed by atoms with E-state index in [1.54, 1.807) is 0 Å². The molecule has 0 atom stereocenters. The van der Waals surface area contributed by atoms with Gasteiger partial charge in [-0.1, -0.05) is 29.5 Å². The van der Waals surface area contributed by atoms with Crippen molar-refractivity contribution in [2.24, 2.45) is 0 Å². The molecule has 0 spiro atoms. The Morgan fingerprint density at radius 1 is 1.12 bits per heavy atom. The van der Waals surface area contributed by atoms with Gasteiger partial charge in [0.25, 0.3) is 0 Å². The second kappa shape index (κ2) is 3.75. The van der Waals surface area contributed by atoms with E-state index in [0.29, 0.717) is 0 Å². The maximum Gasteiger partial charge on any atom is 0.417 e. The zero-order chi connectivity index (χ0) is 11.8. The number of hydrogen-bond acceptors (Lipinski definition) is 4. The van der Waals surface area contributed by atoms with Gasteiger partial charge >= 0.3 is 6.18 Å². The minimum absolute atomic E-state index is 0.00389. The van der Waals surface area contributed by atoms with E-state index in [0.717, 1.165) is 17.4 Å². The molecule has 0 aliphatic heterocycles. The highest BCUT2D eigenvalue weighted by molar-refractivity contribution is 7.18. The van der Waals surface area contributed by atoms with E-state index >= 15 is 0 Å². The van der Waals surface area contributed by atoms with Gasteiger partial charge in [0, 0.05) is 5.56 Å². The Bertz CT molecular complexity index is 507. The van der Waals surface area contributed by atoms with Gasteiger partial charge in [-0.05, 0) is 6.07 Å². The Morgan fingerprint density at radius 2 is 1.81 bits per heavy atom. The lowest BCUT2D eigenvalue weighted by atomic mass is 10.1. The largest absolute Gasteiger partial charge is 0.417 e. The molecular formula is C9H6F3N3S. The van der Waals surface area contributed by atoms with Gasteiger partial charge in [0.2, 0.25) is 5.13 Å². The number of nitrogen functional groups attached to an aromatic ring is 1. The SMILES string of the molecule is Nc1nnc(-c2ccccc2C(F)(F)F)s1. The Hall–Kier alpha value is -1.63. The van der Waals surface area contributed by atoms with Crippen LogP contribution >= 0.6 is 11.3 Å². The van der Waals surface area contributed by atoms with E-state index in [2.05, 4.69) is 10.2 Å². The zero-order valence-electron chi connectivity index (χ0n) is 7.82. The van der Waals surface area contributed by atoms with Gasteiger partial charge in [-0.3, -0.25) is 0 Å². The van der Waals surface area contributed by atoms with Crippen LogP contribution < -0.4 is 5.73 Å². The van der Waals surface area contributed by atoms with Gasteiger partial charge in [0.1, 0.15) is 5.01 Å². The molecule has 0 amide bonds. The number of anilines is 1. The maximum absolute atomic E-state index is 12.7. The number of rotatable bonds is 1. The van der Waals surface area contributed by atoms with Crippen molar-refractivity contribution in [1.82, 2.24) is 10.2 Å². The lowest BCUT2D eigenvalue weighted by Gasteiger charge is -2.09. The number of halogens is 3. The molecule has 0 bridgehead atoms. The molecular weight excluding hydrogens is 239 g/mol. The number of alkyl halides is 3. The average molecular weight is 245 g/mol. The van der Waals surface area contributed by atoms with Gasteiger partial charge in [0.05, 0.1) is 5.56 Å². The molecule has 0 saturated heterocycles. The standard InChI is InChI=1S/C9H6F3N3S/c10-9(11,12)6-4-2-1-3-5(6)7-14-15-8(13)16-7/h1-4H,(H2,13,15). The van der Waals surface area contributed by atoms with E-state index in [1.807, 2.05) is 0 Å². The van der Waals surface area contributed by atoms with E-state index in [-0.39, 0.29) is 15.7 Å². The van der Waals surface area contributed by atoms with E-state index in [9.17, 15) is 13.2 Å². The topological polar surface area (TPSA) is 51.8 Å². The lowest BCUT2D eigenvalue weighted by molar-refractivity contribution is -0.137. The summed E-state index contributed by atoms with van der Waals surface area (Å²) in [6.45, 7) is 0. The molecule has 7 heteroatoms. The Morgan fingerprint density at radius 3 is 2.38 bits per heavy atom. The number of aromatic nitrogens is 2. The molecule has 0 unspecified atom stereocenters. The van der Waals surface area contributed by atoms with Gasteiger partial charge < -0.3 is 5.73 Å². The Labute approximate surface area is 92.7 Å². The molecule has 0 aliphatic carbocycles. The summed E-state index contributed by atoms with van der Waals surface area (Å²) >= 11 is 0.927. The summed E-state index contributed by atoms with van der Waals surface area (Å²) in [6.07, 6.45) is -4.41. The first-order chi connectivity index (χ1) is 7.48. The minimum atomic E-state index is -4.41. The first-order valence-corrected chi connectivity index (χ1v) is 5.05. The first kappa shape index (κ1) is 10.9. The third kappa shape index (κ3) is 1.99. The van der Waals surface area contributed by atoms with E-state index in [1.165, 1.54) is 18.2 Å². The van der Waals surface area contributed by atoms with E-state index in [4.69, 9.17) is 5.73 Å². The second-order valence-electron chi connectivity index (χ2n) is 2.99. The maximum atomic E-state index is 12.7.